The highest BCUT2D eigenvalue weighted by Crippen LogP contribution is 2.24. The van der Waals surface area contributed by atoms with E-state index >= 15 is 0 Å². The molecule has 0 N–H and O–H groups in total. The molecule has 0 aliphatic rings. The van der Waals surface area contributed by atoms with Crippen LogP contribution in [0.2, 0.25) is 0 Å². The Balaban J connectivity index is 0.000000359. The van der Waals surface area contributed by atoms with E-state index in [0.717, 1.165) is 17.2 Å². The lowest BCUT2D eigenvalue weighted by Gasteiger charge is -2.17. The quantitative estimate of drug-likeness (QED) is 0.196. The average Bonchev–Trinajstić information content (AvgIpc) is 2.78. The van der Waals surface area contributed by atoms with E-state index in [0.29, 0.717) is 13.2 Å². The van der Waals surface area contributed by atoms with Gasteiger partial charge < -0.3 is 14.2 Å². The van der Waals surface area contributed by atoms with E-state index < -0.39 is 11.9 Å². The normalized spacial score (nSPS) is 9.55. The highest BCUT2D eigenvalue weighted by molar-refractivity contribution is 5.81. The van der Waals surface area contributed by atoms with Crippen LogP contribution in [0, 0.1) is 0 Å². The van der Waals surface area contributed by atoms with E-state index in [-0.39, 0.29) is 12.7 Å². The van der Waals surface area contributed by atoms with Gasteiger partial charge in [0.05, 0.1) is 6.61 Å². The Morgan fingerprint density at radius 3 is 1.72 bits per heavy atom. The second kappa shape index (κ2) is 14.6. The molecule has 0 fully saturated rings. The molecule has 2 aromatic rings. The fourth-order valence-corrected chi connectivity index (χ4v) is 2.27. The molecule has 0 heterocycles. The first-order chi connectivity index (χ1) is 14.1. The number of esters is 2. The minimum Gasteiger partial charge on any atom is -0.462 e. The van der Waals surface area contributed by atoms with Gasteiger partial charge in [-0.15, -0.1) is 6.58 Å². The van der Waals surface area contributed by atoms with Crippen molar-refractivity contribution in [3.05, 3.63) is 110 Å². The van der Waals surface area contributed by atoms with Crippen molar-refractivity contribution in [2.45, 2.75) is 5.92 Å². The predicted molar refractivity (Wildman–Crippen MR) is 113 cm³/mol. The summed E-state index contributed by atoms with van der Waals surface area (Å²) in [5.41, 5.74) is 2.26. The number of carbonyl (C=O) groups excluding carboxylic acids is 2. The molecular formula is C24H26O5. The maximum Gasteiger partial charge on any atom is 0.332 e. The Morgan fingerprint density at radius 2 is 1.28 bits per heavy atom. The van der Waals surface area contributed by atoms with Gasteiger partial charge in [0.2, 0.25) is 0 Å². The van der Waals surface area contributed by atoms with Crippen molar-refractivity contribution in [2.75, 3.05) is 20.0 Å². The van der Waals surface area contributed by atoms with Crippen molar-refractivity contribution in [2.24, 2.45) is 0 Å². The van der Waals surface area contributed by atoms with Crippen LogP contribution in [0.1, 0.15) is 17.0 Å². The molecule has 0 unspecified atom stereocenters. The molecule has 5 heteroatoms. The molecule has 0 saturated heterocycles. The molecule has 0 spiro atoms. The molecule has 0 aromatic heterocycles. The van der Waals surface area contributed by atoms with Crippen LogP contribution < -0.4 is 0 Å². The molecule has 2 aromatic carbocycles. The molecule has 29 heavy (non-hydrogen) atoms. The van der Waals surface area contributed by atoms with Crippen LogP contribution in [-0.4, -0.2) is 31.9 Å². The fourth-order valence-electron chi connectivity index (χ4n) is 2.27. The topological polar surface area (TPSA) is 61.8 Å². The van der Waals surface area contributed by atoms with E-state index in [1.165, 1.54) is 6.08 Å². The molecule has 0 aliphatic carbocycles. The largest absolute Gasteiger partial charge is 0.462 e. The van der Waals surface area contributed by atoms with Crippen LogP contribution in [0.3, 0.4) is 0 Å². The Hall–Kier alpha value is -3.44. The molecule has 152 valence electrons. The molecule has 0 saturated carbocycles. The lowest BCUT2D eigenvalue weighted by Crippen LogP contribution is -2.12. The third-order valence-corrected chi connectivity index (χ3v) is 3.65. The summed E-state index contributed by atoms with van der Waals surface area (Å²) in [6.45, 7) is 10.7. The molecule has 0 atom stereocenters. The minimum atomic E-state index is -0.482. The van der Waals surface area contributed by atoms with E-state index in [2.05, 4.69) is 24.5 Å². The molecule has 0 radical (unpaired) electrons. The highest BCUT2D eigenvalue weighted by Gasteiger charge is 2.15. The highest BCUT2D eigenvalue weighted by atomic mass is 16.7. The lowest BCUT2D eigenvalue weighted by atomic mass is 9.92. The van der Waals surface area contributed by atoms with Crippen molar-refractivity contribution in [3.8, 4) is 0 Å². The summed E-state index contributed by atoms with van der Waals surface area (Å²) in [6, 6.07) is 20.1. The molecular weight excluding hydrogens is 368 g/mol. The Labute approximate surface area is 171 Å². The molecule has 0 bridgehead atoms. The first-order valence-corrected chi connectivity index (χ1v) is 8.99. The van der Waals surface area contributed by atoms with Gasteiger partial charge >= 0.3 is 11.9 Å². The molecule has 2 rings (SSSR count). The second-order valence-corrected chi connectivity index (χ2v) is 5.65. The summed E-state index contributed by atoms with van der Waals surface area (Å²) in [4.78, 5) is 21.6. The van der Waals surface area contributed by atoms with Crippen LogP contribution in [0.4, 0.5) is 0 Å². The number of hydrogen-bond acceptors (Lipinski definition) is 5. The van der Waals surface area contributed by atoms with Crippen LogP contribution in [-0.2, 0) is 23.8 Å². The maximum atomic E-state index is 11.2. The SMILES string of the molecule is C=CC(=O)OCC(c1ccccc1)c1ccccc1.C=CCOCOC(=O)C=C. The molecule has 5 nitrogen and oxygen atoms in total. The van der Waals surface area contributed by atoms with Gasteiger partial charge in [-0.25, -0.2) is 9.59 Å². The summed E-state index contributed by atoms with van der Waals surface area (Å²) < 4.78 is 14.4. The van der Waals surface area contributed by atoms with E-state index in [1.54, 1.807) is 6.08 Å². The van der Waals surface area contributed by atoms with Crippen molar-refractivity contribution in [1.82, 2.24) is 0 Å². The van der Waals surface area contributed by atoms with Crippen LogP contribution >= 0.6 is 0 Å². The number of carbonyl (C=O) groups is 2. The summed E-state index contributed by atoms with van der Waals surface area (Å²) in [7, 11) is 0. The number of benzene rings is 2. The maximum absolute atomic E-state index is 11.2. The smallest absolute Gasteiger partial charge is 0.332 e. The first kappa shape index (κ1) is 23.6. The minimum absolute atomic E-state index is 0.0448. The number of ether oxygens (including phenoxy) is 3. The number of rotatable bonds is 10. The molecule has 0 amide bonds. The average molecular weight is 394 g/mol. The Morgan fingerprint density at radius 1 is 0.793 bits per heavy atom. The summed E-state index contributed by atoms with van der Waals surface area (Å²) in [5.74, 6) is -0.827. The van der Waals surface area contributed by atoms with Gasteiger partial charge in [0, 0.05) is 18.1 Å². The number of hydrogen-bond donors (Lipinski definition) is 0. The van der Waals surface area contributed by atoms with Gasteiger partial charge in [-0.3, -0.25) is 0 Å². The van der Waals surface area contributed by atoms with Crippen LogP contribution in [0.5, 0.6) is 0 Å². The zero-order chi connectivity index (χ0) is 21.3. The van der Waals surface area contributed by atoms with E-state index in [9.17, 15) is 9.59 Å². The summed E-state index contributed by atoms with van der Waals surface area (Å²) in [6.07, 6.45) is 3.84. The first-order valence-electron chi connectivity index (χ1n) is 8.99. The van der Waals surface area contributed by atoms with Gasteiger partial charge in [-0.1, -0.05) is 79.9 Å². The van der Waals surface area contributed by atoms with Gasteiger partial charge in [-0.05, 0) is 11.1 Å². The van der Waals surface area contributed by atoms with E-state index in [4.69, 9.17) is 9.47 Å². The third kappa shape index (κ3) is 9.89. The lowest BCUT2D eigenvalue weighted by molar-refractivity contribution is -0.149. The standard InChI is InChI=1S/C17H16O2.C7H10O3/c1-2-17(18)19-13-16(14-9-5-3-6-10-14)15-11-7-4-8-12-15;1-3-5-9-6-10-7(8)4-2/h2-12,16H,1,13H2;3-4H,1-2,5-6H2. The van der Waals surface area contributed by atoms with Crippen molar-refractivity contribution in [3.63, 3.8) is 0 Å². The van der Waals surface area contributed by atoms with Crippen molar-refractivity contribution >= 4 is 11.9 Å². The van der Waals surface area contributed by atoms with E-state index in [1.807, 2.05) is 60.7 Å². The Kier molecular flexibility index (Phi) is 11.9. The van der Waals surface area contributed by atoms with Gasteiger partial charge in [0.1, 0.15) is 6.61 Å². The van der Waals surface area contributed by atoms with Crippen molar-refractivity contribution < 1.29 is 23.8 Å². The Bertz CT molecular complexity index is 729. The molecule has 0 aliphatic heterocycles. The van der Waals surface area contributed by atoms with Gasteiger partial charge in [0.25, 0.3) is 0 Å². The summed E-state index contributed by atoms with van der Waals surface area (Å²) >= 11 is 0. The zero-order valence-electron chi connectivity index (χ0n) is 16.4. The summed E-state index contributed by atoms with van der Waals surface area (Å²) in [5, 5.41) is 0. The van der Waals surface area contributed by atoms with Crippen molar-refractivity contribution in [1.29, 1.82) is 0 Å². The monoisotopic (exact) mass is 394 g/mol. The third-order valence-electron chi connectivity index (χ3n) is 3.65. The second-order valence-electron chi connectivity index (χ2n) is 5.65. The fraction of sp³-hybridized carbons (Fsp3) is 0.167. The van der Waals surface area contributed by atoms with Gasteiger partial charge in [0.15, 0.2) is 6.79 Å². The van der Waals surface area contributed by atoms with Crippen LogP contribution in [0.25, 0.3) is 0 Å². The van der Waals surface area contributed by atoms with Gasteiger partial charge in [-0.2, -0.15) is 0 Å². The van der Waals surface area contributed by atoms with Crippen LogP contribution in [0.15, 0.2) is 98.6 Å². The zero-order valence-corrected chi connectivity index (χ0v) is 16.4. The predicted octanol–water partition coefficient (Wildman–Crippen LogP) is 4.42.